The van der Waals surface area contributed by atoms with Crippen molar-refractivity contribution in [3.8, 4) is 5.75 Å². The predicted octanol–water partition coefficient (Wildman–Crippen LogP) is 4.09. The maximum atomic E-state index is 13.1. The van der Waals surface area contributed by atoms with E-state index in [0.717, 1.165) is 42.2 Å². The van der Waals surface area contributed by atoms with E-state index in [4.69, 9.17) is 4.74 Å². The number of amides is 1. The van der Waals surface area contributed by atoms with Crippen molar-refractivity contribution >= 4 is 22.2 Å². The van der Waals surface area contributed by atoms with Gasteiger partial charge >= 0.3 is 0 Å². The first-order valence-corrected chi connectivity index (χ1v) is 9.97. The van der Waals surface area contributed by atoms with Crippen molar-refractivity contribution in [1.82, 2.24) is 14.3 Å². The summed E-state index contributed by atoms with van der Waals surface area (Å²) in [6, 6.07) is 8.27. The SMILES string of the molecule is COc1ccc([C@@H]2CCCCCN2C(=O)Cc2cn3ccsc3n2)cc1. The summed E-state index contributed by atoms with van der Waals surface area (Å²) in [6.45, 7) is 0.817. The fourth-order valence-electron chi connectivity index (χ4n) is 3.70. The molecule has 2 aromatic heterocycles. The summed E-state index contributed by atoms with van der Waals surface area (Å²) in [5.41, 5.74) is 2.03. The van der Waals surface area contributed by atoms with E-state index in [9.17, 15) is 4.79 Å². The van der Waals surface area contributed by atoms with E-state index in [1.807, 2.05) is 34.3 Å². The molecule has 1 saturated heterocycles. The molecule has 1 fully saturated rings. The molecule has 1 aliphatic heterocycles. The van der Waals surface area contributed by atoms with Gasteiger partial charge in [-0.05, 0) is 30.5 Å². The number of methoxy groups -OCH3 is 1. The molecule has 1 aliphatic rings. The Morgan fingerprint density at radius 2 is 2.12 bits per heavy atom. The highest BCUT2D eigenvalue weighted by Gasteiger charge is 2.27. The van der Waals surface area contributed by atoms with E-state index in [1.165, 1.54) is 12.0 Å². The van der Waals surface area contributed by atoms with E-state index in [2.05, 4.69) is 22.0 Å². The summed E-state index contributed by atoms with van der Waals surface area (Å²) in [4.78, 5) is 20.6. The Bertz CT molecular complexity index is 855. The van der Waals surface area contributed by atoms with Crippen molar-refractivity contribution in [3.63, 3.8) is 0 Å². The standard InChI is InChI=1S/C20H23N3O2S/c1-25-17-8-6-15(7-9-17)18-5-3-2-4-10-23(18)19(24)13-16-14-22-11-12-26-20(22)21-16/h6-9,11-12,14,18H,2-5,10,13H2,1H3/t18-/m0/s1. The number of fused-ring (bicyclic) bond motifs is 1. The van der Waals surface area contributed by atoms with Gasteiger partial charge in [-0.25, -0.2) is 4.98 Å². The summed E-state index contributed by atoms with van der Waals surface area (Å²) in [6.07, 6.45) is 8.71. The number of rotatable bonds is 4. The van der Waals surface area contributed by atoms with Crippen LogP contribution in [0.3, 0.4) is 0 Å². The molecule has 0 N–H and O–H groups in total. The topological polar surface area (TPSA) is 46.8 Å². The third-order valence-electron chi connectivity index (χ3n) is 5.05. The Balaban J connectivity index is 1.55. The van der Waals surface area contributed by atoms with Gasteiger partial charge in [0.25, 0.3) is 0 Å². The molecule has 0 unspecified atom stereocenters. The molecule has 1 aromatic carbocycles. The number of imidazole rings is 1. The maximum absolute atomic E-state index is 13.1. The third kappa shape index (κ3) is 3.46. The molecule has 0 bridgehead atoms. The zero-order valence-electron chi connectivity index (χ0n) is 14.9. The summed E-state index contributed by atoms with van der Waals surface area (Å²) < 4.78 is 7.25. The van der Waals surface area contributed by atoms with E-state index in [1.54, 1.807) is 18.4 Å². The minimum Gasteiger partial charge on any atom is -0.497 e. The van der Waals surface area contributed by atoms with Crippen LogP contribution in [0.2, 0.25) is 0 Å². The number of thiazole rings is 1. The first kappa shape index (κ1) is 17.1. The summed E-state index contributed by atoms with van der Waals surface area (Å²) in [7, 11) is 1.67. The van der Waals surface area contributed by atoms with Gasteiger partial charge < -0.3 is 9.64 Å². The Hall–Kier alpha value is -2.34. The van der Waals surface area contributed by atoms with E-state index >= 15 is 0 Å². The van der Waals surface area contributed by atoms with Crippen LogP contribution in [-0.4, -0.2) is 33.8 Å². The van der Waals surface area contributed by atoms with Crippen LogP contribution < -0.4 is 4.74 Å². The molecular formula is C20H23N3O2S. The maximum Gasteiger partial charge on any atom is 0.229 e. The summed E-state index contributed by atoms with van der Waals surface area (Å²) in [5.74, 6) is 1.01. The number of hydrogen-bond acceptors (Lipinski definition) is 4. The third-order valence-corrected chi connectivity index (χ3v) is 5.82. The second kappa shape index (κ2) is 7.50. The minimum absolute atomic E-state index is 0.139. The number of carbonyl (C=O) groups is 1. The number of ether oxygens (including phenoxy) is 1. The van der Waals surface area contributed by atoms with Gasteiger partial charge in [-0.15, -0.1) is 11.3 Å². The van der Waals surface area contributed by atoms with Crippen molar-refractivity contribution in [2.24, 2.45) is 0 Å². The Kier molecular flexibility index (Phi) is 4.93. The van der Waals surface area contributed by atoms with Crippen LogP contribution in [0.25, 0.3) is 4.96 Å². The second-order valence-electron chi connectivity index (χ2n) is 6.73. The molecule has 6 heteroatoms. The summed E-state index contributed by atoms with van der Waals surface area (Å²) >= 11 is 1.59. The van der Waals surface area contributed by atoms with Crippen molar-refractivity contribution < 1.29 is 9.53 Å². The van der Waals surface area contributed by atoms with Gasteiger partial charge in [-0.3, -0.25) is 9.20 Å². The van der Waals surface area contributed by atoms with Crippen LogP contribution in [0.5, 0.6) is 5.75 Å². The number of aromatic nitrogens is 2. The molecule has 0 radical (unpaired) electrons. The van der Waals surface area contributed by atoms with Gasteiger partial charge in [0.15, 0.2) is 4.96 Å². The lowest BCUT2D eigenvalue weighted by atomic mass is 10.00. The molecule has 136 valence electrons. The number of carbonyl (C=O) groups excluding carboxylic acids is 1. The quantitative estimate of drug-likeness (QED) is 0.696. The zero-order valence-corrected chi connectivity index (χ0v) is 15.7. The number of nitrogens with zero attached hydrogens (tertiary/aromatic N) is 3. The van der Waals surface area contributed by atoms with E-state index in [-0.39, 0.29) is 11.9 Å². The van der Waals surface area contributed by atoms with Crippen LogP contribution in [0.1, 0.15) is 43.0 Å². The van der Waals surface area contributed by atoms with Crippen LogP contribution in [0.15, 0.2) is 42.0 Å². The van der Waals surface area contributed by atoms with Gasteiger partial charge in [-0.2, -0.15) is 0 Å². The highest BCUT2D eigenvalue weighted by molar-refractivity contribution is 7.15. The number of likely N-dealkylation sites (tertiary alicyclic amines) is 1. The second-order valence-corrected chi connectivity index (χ2v) is 7.60. The Morgan fingerprint density at radius 3 is 2.88 bits per heavy atom. The first-order chi connectivity index (χ1) is 12.7. The molecular weight excluding hydrogens is 346 g/mol. The molecule has 26 heavy (non-hydrogen) atoms. The van der Waals surface area contributed by atoms with Crippen LogP contribution >= 0.6 is 11.3 Å². The predicted molar refractivity (Wildman–Crippen MR) is 103 cm³/mol. The van der Waals surface area contributed by atoms with E-state index in [0.29, 0.717) is 6.42 Å². The fraction of sp³-hybridized carbons (Fsp3) is 0.400. The molecule has 0 saturated carbocycles. The van der Waals surface area contributed by atoms with Crippen LogP contribution in [0.4, 0.5) is 0 Å². The van der Waals surface area contributed by atoms with Crippen molar-refractivity contribution in [2.75, 3.05) is 13.7 Å². The monoisotopic (exact) mass is 369 g/mol. The van der Waals surface area contributed by atoms with Gasteiger partial charge in [0, 0.05) is 24.3 Å². The fourth-order valence-corrected chi connectivity index (χ4v) is 4.42. The molecule has 1 amide bonds. The van der Waals surface area contributed by atoms with Crippen LogP contribution in [0, 0.1) is 0 Å². The molecule has 5 nitrogen and oxygen atoms in total. The number of benzene rings is 1. The van der Waals surface area contributed by atoms with Crippen molar-refractivity contribution in [1.29, 1.82) is 0 Å². The largest absolute Gasteiger partial charge is 0.497 e. The normalized spacial score (nSPS) is 18.0. The average molecular weight is 369 g/mol. The molecule has 3 aromatic rings. The number of hydrogen-bond donors (Lipinski definition) is 0. The minimum atomic E-state index is 0.139. The lowest BCUT2D eigenvalue weighted by molar-refractivity contribution is -0.133. The van der Waals surface area contributed by atoms with Crippen molar-refractivity contribution in [2.45, 2.75) is 38.1 Å². The average Bonchev–Trinajstić information content (AvgIpc) is 3.14. The Morgan fingerprint density at radius 1 is 1.27 bits per heavy atom. The highest BCUT2D eigenvalue weighted by atomic mass is 32.1. The van der Waals surface area contributed by atoms with Crippen molar-refractivity contribution in [3.05, 3.63) is 53.3 Å². The molecule has 0 spiro atoms. The lowest BCUT2D eigenvalue weighted by Crippen LogP contribution is -2.36. The smallest absolute Gasteiger partial charge is 0.229 e. The van der Waals surface area contributed by atoms with E-state index < -0.39 is 0 Å². The van der Waals surface area contributed by atoms with Gasteiger partial charge in [0.05, 0.1) is 25.3 Å². The molecule has 4 rings (SSSR count). The lowest BCUT2D eigenvalue weighted by Gasteiger charge is -2.30. The molecule has 1 atom stereocenters. The van der Waals surface area contributed by atoms with Gasteiger partial charge in [0.1, 0.15) is 5.75 Å². The first-order valence-electron chi connectivity index (χ1n) is 9.09. The molecule has 3 heterocycles. The Labute approximate surface area is 157 Å². The highest BCUT2D eigenvalue weighted by Crippen LogP contribution is 2.31. The molecule has 0 aliphatic carbocycles. The summed E-state index contributed by atoms with van der Waals surface area (Å²) in [5, 5.41) is 2.00. The van der Waals surface area contributed by atoms with Crippen LogP contribution in [-0.2, 0) is 11.2 Å². The zero-order chi connectivity index (χ0) is 17.9. The van der Waals surface area contributed by atoms with Gasteiger partial charge in [0.2, 0.25) is 5.91 Å². The van der Waals surface area contributed by atoms with Gasteiger partial charge in [-0.1, -0.05) is 25.0 Å².